The molecule has 1 aliphatic heterocycles. The molecule has 1 saturated carbocycles. The summed E-state index contributed by atoms with van der Waals surface area (Å²) in [4.78, 5) is 14.6. The topological polar surface area (TPSA) is 46.3 Å². The number of hydrogen-bond acceptors (Lipinski definition) is 4. The molecular weight excluding hydrogens is 320 g/mol. The third-order valence-corrected chi connectivity index (χ3v) is 6.20. The molecule has 1 atom stereocenters. The van der Waals surface area contributed by atoms with E-state index in [1.54, 1.807) is 0 Å². The van der Waals surface area contributed by atoms with Gasteiger partial charge in [0.15, 0.2) is 5.69 Å². The molecule has 0 radical (unpaired) electrons. The maximum absolute atomic E-state index is 12.7. The van der Waals surface area contributed by atoms with Gasteiger partial charge in [-0.25, -0.2) is 0 Å². The van der Waals surface area contributed by atoms with Crippen molar-refractivity contribution in [2.24, 2.45) is 0 Å². The smallest absolute Gasteiger partial charge is 0.276 e. The Labute approximate surface area is 146 Å². The van der Waals surface area contributed by atoms with Gasteiger partial charge in [0.05, 0.1) is 0 Å². The number of benzene rings is 1. The van der Waals surface area contributed by atoms with E-state index in [1.807, 2.05) is 22.7 Å². The van der Waals surface area contributed by atoms with Crippen molar-refractivity contribution >= 4 is 17.7 Å². The van der Waals surface area contributed by atoms with Crippen LogP contribution in [0.4, 0.5) is 0 Å². The fourth-order valence-electron chi connectivity index (χ4n) is 3.28. The lowest BCUT2D eigenvalue weighted by molar-refractivity contribution is 0.0756. The van der Waals surface area contributed by atoms with Gasteiger partial charge < -0.3 is 9.42 Å². The van der Waals surface area contributed by atoms with Crippen LogP contribution in [0.2, 0.25) is 0 Å². The first-order chi connectivity index (χ1) is 11.7. The molecule has 0 bridgehead atoms. The molecule has 2 aliphatic rings. The number of thioether (sulfide) groups is 1. The van der Waals surface area contributed by atoms with E-state index in [0.717, 1.165) is 43.9 Å². The van der Waals surface area contributed by atoms with E-state index in [2.05, 4.69) is 36.3 Å². The molecule has 2 heterocycles. The fourth-order valence-corrected chi connectivity index (χ4v) is 4.61. The van der Waals surface area contributed by atoms with Crippen LogP contribution in [0.25, 0.3) is 0 Å². The first-order valence-corrected chi connectivity index (χ1v) is 9.70. The summed E-state index contributed by atoms with van der Waals surface area (Å²) in [6.07, 6.45) is 3.29. The number of nitrogens with zero attached hydrogens (tertiary/aromatic N) is 2. The first kappa shape index (κ1) is 15.8. The highest BCUT2D eigenvalue weighted by atomic mass is 32.2. The van der Waals surface area contributed by atoms with Crippen LogP contribution in [-0.2, 0) is 0 Å². The molecule has 2 fully saturated rings. The van der Waals surface area contributed by atoms with Crippen molar-refractivity contribution in [2.45, 2.75) is 37.4 Å². The van der Waals surface area contributed by atoms with Crippen molar-refractivity contribution < 1.29 is 9.32 Å². The Morgan fingerprint density at radius 3 is 2.88 bits per heavy atom. The average molecular weight is 342 g/mol. The van der Waals surface area contributed by atoms with E-state index in [-0.39, 0.29) is 5.91 Å². The van der Waals surface area contributed by atoms with Crippen LogP contribution in [0.3, 0.4) is 0 Å². The Balaban J connectivity index is 1.44. The van der Waals surface area contributed by atoms with Crippen LogP contribution in [0, 0.1) is 6.92 Å². The van der Waals surface area contributed by atoms with Gasteiger partial charge in [0.2, 0.25) is 0 Å². The third-order valence-electron chi connectivity index (χ3n) is 4.89. The zero-order valence-corrected chi connectivity index (χ0v) is 14.7. The summed E-state index contributed by atoms with van der Waals surface area (Å²) in [5.74, 6) is 2.33. The summed E-state index contributed by atoms with van der Waals surface area (Å²) >= 11 is 1.95. The minimum Gasteiger partial charge on any atom is -0.360 e. The molecule has 1 unspecified atom stereocenters. The summed E-state index contributed by atoms with van der Waals surface area (Å²) in [6.45, 7) is 3.71. The minimum atomic E-state index is 0.0108. The van der Waals surface area contributed by atoms with Crippen molar-refractivity contribution in [3.63, 3.8) is 0 Å². The summed E-state index contributed by atoms with van der Waals surface area (Å²) < 4.78 is 5.34. The maximum Gasteiger partial charge on any atom is 0.276 e. The van der Waals surface area contributed by atoms with Crippen LogP contribution in [0.15, 0.2) is 34.9 Å². The molecule has 4 rings (SSSR count). The van der Waals surface area contributed by atoms with E-state index >= 15 is 0 Å². The lowest BCUT2D eigenvalue weighted by atomic mass is 10.0. The molecule has 2 aromatic rings. The number of amides is 1. The molecule has 0 spiro atoms. The summed E-state index contributed by atoms with van der Waals surface area (Å²) in [6, 6.07) is 10.4. The molecule has 126 valence electrons. The lowest BCUT2D eigenvalue weighted by Gasteiger charge is -2.19. The third kappa shape index (κ3) is 3.22. The minimum absolute atomic E-state index is 0.0108. The molecule has 1 amide bonds. The normalized spacial score (nSPS) is 21.5. The predicted molar refractivity (Wildman–Crippen MR) is 95.4 cm³/mol. The Bertz CT molecular complexity index is 738. The van der Waals surface area contributed by atoms with Crippen molar-refractivity contribution in [3.05, 3.63) is 52.9 Å². The molecule has 1 aromatic heterocycles. The Kier molecular flexibility index (Phi) is 4.35. The average Bonchev–Trinajstić information content (AvgIpc) is 3.37. The zero-order valence-electron chi connectivity index (χ0n) is 13.9. The number of carbonyl (C=O) groups is 1. The van der Waals surface area contributed by atoms with Gasteiger partial charge in [0.25, 0.3) is 5.91 Å². The Morgan fingerprint density at radius 1 is 1.25 bits per heavy atom. The highest BCUT2D eigenvalue weighted by Crippen LogP contribution is 2.40. The second-order valence-electron chi connectivity index (χ2n) is 6.69. The Hall–Kier alpha value is -1.75. The second kappa shape index (κ2) is 6.63. The van der Waals surface area contributed by atoms with E-state index in [9.17, 15) is 4.79 Å². The van der Waals surface area contributed by atoms with E-state index in [4.69, 9.17) is 4.52 Å². The van der Waals surface area contributed by atoms with Crippen LogP contribution in [0.1, 0.15) is 57.8 Å². The molecule has 1 aromatic carbocycles. The van der Waals surface area contributed by atoms with Crippen molar-refractivity contribution in [1.82, 2.24) is 10.1 Å². The summed E-state index contributed by atoms with van der Waals surface area (Å²) in [5.41, 5.74) is 3.20. The van der Waals surface area contributed by atoms with Gasteiger partial charge in [-0.05, 0) is 37.3 Å². The van der Waals surface area contributed by atoms with Gasteiger partial charge in [0, 0.05) is 36.1 Å². The largest absolute Gasteiger partial charge is 0.360 e. The van der Waals surface area contributed by atoms with Gasteiger partial charge in [0.1, 0.15) is 5.76 Å². The summed E-state index contributed by atoms with van der Waals surface area (Å²) in [5, 5.41) is 4.46. The number of carbonyl (C=O) groups excluding carboxylic acids is 1. The molecule has 4 nitrogen and oxygen atoms in total. The molecule has 0 N–H and O–H groups in total. The molecule has 1 aliphatic carbocycles. The monoisotopic (exact) mass is 342 g/mol. The van der Waals surface area contributed by atoms with Crippen LogP contribution in [-0.4, -0.2) is 34.8 Å². The Morgan fingerprint density at radius 2 is 2.08 bits per heavy atom. The highest BCUT2D eigenvalue weighted by molar-refractivity contribution is 7.99. The van der Waals surface area contributed by atoms with Gasteiger partial charge in [-0.1, -0.05) is 29.4 Å². The van der Waals surface area contributed by atoms with Gasteiger partial charge in [-0.2, -0.15) is 11.8 Å². The first-order valence-electron chi connectivity index (χ1n) is 8.65. The number of aryl methyl sites for hydroxylation is 1. The predicted octanol–water partition coefficient (Wildman–Crippen LogP) is 4.18. The molecule has 1 saturated heterocycles. The standard InChI is InChI=1S/C19H22N2O2S/c1-13-4-2-3-5-15(13)18-8-9-21(10-11-24-18)19(22)16-12-17(23-20-16)14-6-7-14/h2-5,12,14,18H,6-11H2,1H3. The zero-order chi connectivity index (χ0) is 16.5. The van der Waals surface area contributed by atoms with Crippen molar-refractivity contribution in [1.29, 1.82) is 0 Å². The van der Waals surface area contributed by atoms with E-state index in [1.165, 1.54) is 11.1 Å². The van der Waals surface area contributed by atoms with Gasteiger partial charge >= 0.3 is 0 Å². The highest BCUT2D eigenvalue weighted by Gasteiger charge is 2.30. The molecular formula is C19H22N2O2S. The summed E-state index contributed by atoms with van der Waals surface area (Å²) in [7, 11) is 0. The number of hydrogen-bond donors (Lipinski definition) is 0. The molecule has 24 heavy (non-hydrogen) atoms. The van der Waals surface area contributed by atoms with Crippen LogP contribution >= 0.6 is 11.8 Å². The van der Waals surface area contributed by atoms with Crippen LogP contribution in [0.5, 0.6) is 0 Å². The van der Waals surface area contributed by atoms with E-state index in [0.29, 0.717) is 16.9 Å². The van der Waals surface area contributed by atoms with E-state index < -0.39 is 0 Å². The molecule has 5 heteroatoms. The van der Waals surface area contributed by atoms with Gasteiger partial charge in [-0.3, -0.25) is 4.79 Å². The second-order valence-corrected chi connectivity index (χ2v) is 8.00. The lowest BCUT2D eigenvalue weighted by Crippen LogP contribution is -2.33. The number of aromatic nitrogens is 1. The van der Waals surface area contributed by atoms with Crippen molar-refractivity contribution in [3.8, 4) is 0 Å². The number of rotatable bonds is 3. The maximum atomic E-state index is 12.7. The fraction of sp³-hybridized carbons (Fsp3) is 0.474. The SMILES string of the molecule is Cc1ccccc1C1CCN(C(=O)c2cc(C3CC3)on2)CCS1. The van der Waals surface area contributed by atoms with Gasteiger partial charge in [-0.15, -0.1) is 0 Å². The quantitative estimate of drug-likeness (QED) is 0.839. The van der Waals surface area contributed by atoms with Crippen LogP contribution < -0.4 is 0 Å². The van der Waals surface area contributed by atoms with Crippen molar-refractivity contribution in [2.75, 3.05) is 18.8 Å².